The molecule has 0 bridgehead atoms. The third-order valence-electron chi connectivity index (χ3n) is 4.81. The summed E-state index contributed by atoms with van der Waals surface area (Å²) in [6.07, 6.45) is 0.388. The van der Waals surface area contributed by atoms with E-state index in [4.69, 9.17) is 0 Å². The molecular formula is C20H21Cl2FN4O2. The lowest BCUT2D eigenvalue weighted by Crippen LogP contribution is -2.46. The average Bonchev–Trinajstić information content (AvgIpc) is 2.72. The first kappa shape index (κ1) is 22.8. The number of benzene rings is 2. The van der Waals surface area contributed by atoms with Crippen LogP contribution >= 0.6 is 24.8 Å². The Balaban J connectivity index is 0.00000150. The van der Waals surface area contributed by atoms with Crippen molar-refractivity contribution in [1.29, 1.82) is 0 Å². The summed E-state index contributed by atoms with van der Waals surface area (Å²) in [5.41, 5.74) is 1.27. The van der Waals surface area contributed by atoms with Crippen LogP contribution in [-0.4, -0.2) is 47.2 Å². The molecule has 1 aliphatic heterocycles. The van der Waals surface area contributed by atoms with Crippen LogP contribution in [0.25, 0.3) is 10.8 Å². The largest absolute Gasteiger partial charge is 0.336 e. The van der Waals surface area contributed by atoms with Gasteiger partial charge in [0.2, 0.25) is 0 Å². The number of carbonyl (C=O) groups excluding carboxylic acids is 1. The highest BCUT2D eigenvalue weighted by molar-refractivity contribution is 5.95. The highest BCUT2D eigenvalue weighted by atomic mass is 35.5. The molecule has 0 saturated carbocycles. The number of amides is 1. The van der Waals surface area contributed by atoms with Crippen LogP contribution in [0.4, 0.5) is 4.39 Å². The van der Waals surface area contributed by atoms with Gasteiger partial charge >= 0.3 is 0 Å². The fraction of sp³-hybridized carbons (Fsp3) is 0.250. The number of aromatic nitrogens is 2. The molecule has 29 heavy (non-hydrogen) atoms. The Morgan fingerprint density at radius 2 is 1.76 bits per heavy atom. The van der Waals surface area contributed by atoms with E-state index >= 15 is 0 Å². The van der Waals surface area contributed by atoms with Gasteiger partial charge in [-0.25, -0.2) is 9.49 Å². The molecule has 0 unspecified atom stereocenters. The zero-order chi connectivity index (χ0) is 18.8. The lowest BCUT2D eigenvalue weighted by Gasteiger charge is -2.27. The summed E-state index contributed by atoms with van der Waals surface area (Å²) in [6, 6.07) is 11.8. The number of halogens is 3. The van der Waals surface area contributed by atoms with Gasteiger partial charge in [-0.3, -0.25) is 9.59 Å². The second kappa shape index (κ2) is 9.82. The second-order valence-corrected chi connectivity index (χ2v) is 6.58. The number of hydrogen-bond donors (Lipinski definition) is 2. The van der Waals surface area contributed by atoms with E-state index in [1.807, 2.05) is 12.1 Å². The van der Waals surface area contributed by atoms with Crippen molar-refractivity contribution in [3.05, 3.63) is 75.5 Å². The second-order valence-electron chi connectivity index (χ2n) is 6.58. The van der Waals surface area contributed by atoms with E-state index in [1.54, 1.807) is 29.2 Å². The number of hydrogen-bond acceptors (Lipinski definition) is 4. The van der Waals surface area contributed by atoms with Crippen molar-refractivity contribution in [2.24, 2.45) is 0 Å². The number of aromatic amines is 1. The lowest BCUT2D eigenvalue weighted by molar-refractivity contribution is 0.0731. The van der Waals surface area contributed by atoms with Crippen molar-refractivity contribution < 1.29 is 9.18 Å². The third kappa shape index (κ3) is 4.75. The molecule has 9 heteroatoms. The Morgan fingerprint density at radius 3 is 2.48 bits per heavy atom. The van der Waals surface area contributed by atoms with Crippen molar-refractivity contribution in [2.45, 2.75) is 6.42 Å². The zero-order valence-electron chi connectivity index (χ0n) is 15.5. The van der Waals surface area contributed by atoms with E-state index in [0.29, 0.717) is 43.7 Å². The molecule has 1 aliphatic rings. The minimum absolute atomic E-state index is 0. The normalized spacial score (nSPS) is 13.5. The molecule has 0 radical (unpaired) electrons. The van der Waals surface area contributed by atoms with Crippen molar-refractivity contribution >= 4 is 41.5 Å². The minimum atomic E-state index is -0.526. The maximum Gasteiger partial charge on any atom is 0.272 e. The molecule has 1 fully saturated rings. The van der Waals surface area contributed by atoms with Crippen LogP contribution < -0.4 is 10.9 Å². The molecule has 2 heterocycles. The van der Waals surface area contributed by atoms with Crippen LogP contribution in [0, 0.1) is 5.82 Å². The molecule has 1 amide bonds. The summed E-state index contributed by atoms with van der Waals surface area (Å²) < 4.78 is 14.3. The number of nitrogens with zero attached hydrogens (tertiary/aromatic N) is 2. The molecule has 0 spiro atoms. The average molecular weight is 439 g/mol. The van der Waals surface area contributed by atoms with Gasteiger partial charge in [0, 0.05) is 38.0 Å². The van der Waals surface area contributed by atoms with E-state index in [1.165, 1.54) is 6.07 Å². The van der Waals surface area contributed by atoms with Gasteiger partial charge in [-0.15, -0.1) is 24.8 Å². The van der Waals surface area contributed by atoms with E-state index in [0.717, 1.165) is 10.9 Å². The molecule has 1 aromatic heterocycles. The standard InChI is InChI=1S/C20H19FN4O2.2ClH/c21-17-6-5-13(11-16(17)20(27)25-9-7-22-8-10-25)12-18-14-3-1-2-4-15(14)19(26)24-23-18;;/h1-6,11,22H,7-10,12H2,(H,24,26);2*1H. The summed E-state index contributed by atoms with van der Waals surface area (Å²) in [5.74, 6) is -0.822. The van der Waals surface area contributed by atoms with Gasteiger partial charge in [-0.05, 0) is 23.8 Å². The van der Waals surface area contributed by atoms with E-state index in [2.05, 4.69) is 15.5 Å². The zero-order valence-corrected chi connectivity index (χ0v) is 17.1. The summed E-state index contributed by atoms with van der Waals surface area (Å²) in [7, 11) is 0. The van der Waals surface area contributed by atoms with Crippen LogP contribution in [0.3, 0.4) is 0 Å². The first-order chi connectivity index (χ1) is 13.1. The Bertz CT molecular complexity index is 1070. The Kier molecular flexibility index (Phi) is 7.73. The highest BCUT2D eigenvalue weighted by Gasteiger charge is 2.21. The molecular weight excluding hydrogens is 418 g/mol. The highest BCUT2D eigenvalue weighted by Crippen LogP contribution is 2.19. The fourth-order valence-electron chi connectivity index (χ4n) is 3.38. The predicted octanol–water partition coefficient (Wildman–Crippen LogP) is 2.54. The maximum absolute atomic E-state index is 14.3. The number of nitrogens with one attached hydrogen (secondary N) is 2. The number of rotatable bonds is 3. The molecule has 3 aromatic rings. The summed E-state index contributed by atoms with van der Waals surface area (Å²) >= 11 is 0. The Labute approximate surface area is 179 Å². The van der Waals surface area contributed by atoms with Crippen LogP contribution in [0.2, 0.25) is 0 Å². The lowest BCUT2D eigenvalue weighted by atomic mass is 10.0. The van der Waals surface area contributed by atoms with Crippen LogP contribution in [0.1, 0.15) is 21.6 Å². The Hall–Kier alpha value is -2.48. The molecule has 6 nitrogen and oxygen atoms in total. The van der Waals surface area contributed by atoms with Crippen molar-refractivity contribution in [3.63, 3.8) is 0 Å². The first-order valence-corrected chi connectivity index (χ1v) is 8.88. The number of carbonyl (C=O) groups is 1. The summed E-state index contributed by atoms with van der Waals surface area (Å²) in [6.45, 7) is 2.55. The monoisotopic (exact) mass is 438 g/mol. The van der Waals surface area contributed by atoms with Crippen LogP contribution in [0.15, 0.2) is 47.3 Å². The smallest absolute Gasteiger partial charge is 0.272 e. The van der Waals surface area contributed by atoms with Gasteiger partial charge in [0.25, 0.3) is 11.5 Å². The fourth-order valence-corrected chi connectivity index (χ4v) is 3.38. The molecule has 154 valence electrons. The van der Waals surface area contributed by atoms with Gasteiger partial charge in [0.1, 0.15) is 5.82 Å². The quantitative estimate of drug-likeness (QED) is 0.658. The predicted molar refractivity (Wildman–Crippen MR) is 115 cm³/mol. The first-order valence-electron chi connectivity index (χ1n) is 8.88. The Morgan fingerprint density at radius 1 is 1.07 bits per heavy atom. The topological polar surface area (TPSA) is 78.1 Å². The molecule has 2 N–H and O–H groups in total. The van der Waals surface area contributed by atoms with Crippen molar-refractivity contribution in [1.82, 2.24) is 20.4 Å². The van der Waals surface area contributed by atoms with E-state index < -0.39 is 5.82 Å². The van der Waals surface area contributed by atoms with Crippen LogP contribution in [0.5, 0.6) is 0 Å². The SMILES string of the molecule is Cl.Cl.O=C(c1cc(Cc2n[nH]c(=O)c3ccccc23)ccc1F)N1CCNCC1. The minimum Gasteiger partial charge on any atom is -0.336 e. The van der Waals surface area contributed by atoms with Crippen LogP contribution in [-0.2, 0) is 6.42 Å². The molecule has 1 saturated heterocycles. The molecule has 2 aromatic carbocycles. The van der Waals surface area contributed by atoms with Gasteiger partial charge in [-0.2, -0.15) is 5.10 Å². The molecule has 0 atom stereocenters. The van der Waals surface area contributed by atoms with Crippen molar-refractivity contribution in [2.75, 3.05) is 26.2 Å². The number of H-pyrrole nitrogens is 1. The third-order valence-corrected chi connectivity index (χ3v) is 4.81. The van der Waals surface area contributed by atoms with E-state index in [9.17, 15) is 14.0 Å². The molecule has 0 aliphatic carbocycles. The van der Waals surface area contributed by atoms with Crippen molar-refractivity contribution in [3.8, 4) is 0 Å². The maximum atomic E-state index is 14.3. The van der Waals surface area contributed by atoms with Gasteiger partial charge in [0.15, 0.2) is 0 Å². The number of piperazine rings is 1. The van der Waals surface area contributed by atoms with Gasteiger partial charge in [-0.1, -0.05) is 24.3 Å². The van der Waals surface area contributed by atoms with Gasteiger partial charge in [0.05, 0.1) is 16.6 Å². The number of fused-ring (bicyclic) bond motifs is 1. The van der Waals surface area contributed by atoms with E-state index in [-0.39, 0.29) is 41.8 Å². The van der Waals surface area contributed by atoms with Gasteiger partial charge < -0.3 is 10.2 Å². The molecule has 4 rings (SSSR count). The summed E-state index contributed by atoms with van der Waals surface area (Å²) in [4.78, 5) is 26.3. The summed E-state index contributed by atoms with van der Waals surface area (Å²) in [5, 5.41) is 11.1.